The molecule has 0 aliphatic carbocycles. The number of ether oxygens (including phenoxy) is 1. The van der Waals surface area contributed by atoms with Crippen LogP contribution in [0.1, 0.15) is 31.9 Å². The molecule has 1 atom stereocenters. The molecule has 1 rings (SSSR count). The molecule has 4 nitrogen and oxygen atoms in total. The highest BCUT2D eigenvalue weighted by atomic mass is 19.1. The van der Waals surface area contributed by atoms with E-state index < -0.39 is 11.7 Å². The first-order chi connectivity index (χ1) is 9.23. The van der Waals surface area contributed by atoms with Gasteiger partial charge in [0, 0.05) is 12.6 Å². The van der Waals surface area contributed by atoms with Crippen molar-refractivity contribution in [1.29, 1.82) is 0 Å². The number of carbonyl (C=O) groups excluding carboxylic acids is 1. The van der Waals surface area contributed by atoms with E-state index in [0.29, 0.717) is 17.5 Å². The molecule has 0 bridgehead atoms. The Kier molecular flexibility index (Phi) is 5.51. The third-order valence-corrected chi connectivity index (χ3v) is 2.74. The van der Waals surface area contributed by atoms with Gasteiger partial charge in [-0.15, -0.1) is 0 Å². The van der Waals surface area contributed by atoms with Crippen molar-refractivity contribution < 1.29 is 13.9 Å². The number of hydrogen-bond donors (Lipinski definition) is 2. The molecule has 0 spiro atoms. The van der Waals surface area contributed by atoms with Crippen molar-refractivity contribution in [3.63, 3.8) is 0 Å². The summed E-state index contributed by atoms with van der Waals surface area (Å²) in [6, 6.07) is 4.83. The summed E-state index contributed by atoms with van der Waals surface area (Å²) >= 11 is 0. The van der Waals surface area contributed by atoms with Crippen LogP contribution in [0.4, 0.5) is 9.18 Å². The predicted octanol–water partition coefficient (Wildman–Crippen LogP) is 2.53. The van der Waals surface area contributed by atoms with Crippen LogP contribution in [0, 0.1) is 12.7 Å². The lowest BCUT2D eigenvalue weighted by atomic mass is 10.0. The maximum atomic E-state index is 13.9. The van der Waals surface area contributed by atoms with E-state index in [9.17, 15) is 9.18 Å². The standard InChI is InChI=1S/C15H23FN2O2/c1-10-6-5-7-11(13(10)16)8-12(9-17)18-14(19)20-15(2,3)4/h5-7,12H,8-9,17H2,1-4H3,(H,18,19). The SMILES string of the molecule is Cc1cccc(CC(CN)NC(=O)OC(C)(C)C)c1F. The van der Waals surface area contributed by atoms with Crippen LogP contribution in [0.2, 0.25) is 0 Å². The maximum Gasteiger partial charge on any atom is 0.407 e. The minimum Gasteiger partial charge on any atom is -0.444 e. The van der Waals surface area contributed by atoms with Gasteiger partial charge in [0.1, 0.15) is 11.4 Å². The molecule has 0 aliphatic heterocycles. The second kappa shape index (κ2) is 6.70. The molecule has 1 aromatic rings. The molecule has 5 heteroatoms. The second-order valence-corrected chi connectivity index (χ2v) is 5.83. The van der Waals surface area contributed by atoms with Crippen molar-refractivity contribution in [3.8, 4) is 0 Å². The summed E-state index contributed by atoms with van der Waals surface area (Å²) < 4.78 is 19.1. The number of carbonyl (C=O) groups is 1. The van der Waals surface area contributed by atoms with E-state index in [4.69, 9.17) is 10.5 Å². The topological polar surface area (TPSA) is 64.3 Å². The minimum absolute atomic E-state index is 0.215. The Hall–Kier alpha value is -1.62. The van der Waals surface area contributed by atoms with E-state index in [0.717, 1.165) is 0 Å². The smallest absolute Gasteiger partial charge is 0.407 e. The van der Waals surface area contributed by atoms with Crippen molar-refractivity contribution in [2.24, 2.45) is 5.73 Å². The molecule has 0 heterocycles. The molecular weight excluding hydrogens is 259 g/mol. The Morgan fingerprint density at radius 2 is 2.10 bits per heavy atom. The number of rotatable bonds is 4. The molecule has 0 saturated heterocycles. The zero-order chi connectivity index (χ0) is 15.3. The van der Waals surface area contributed by atoms with Crippen LogP contribution in [-0.4, -0.2) is 24.3 Å². The molecule has 0 aromatic heterocycles. The van der Waals surface area contributed by atoms with E-state index in [-0.39, 0.29) is 18.4 Å². The largest absolute Gasteiger partial charge is 0.444 e. The summed E-state index contributed by atoms with van der Waals surface area (Å²) in [6.45, 7) is 7.27. The van der Waals surface area contributed by atoms with Gasteiger partial charge in [0.25, 0.3) is 0 Å². The quantitative estimate of drug-likeness (QED) is 0.892. The van der Waals surface area contributed by atoms with Gasteiger partial charge in [-0.3, -0.25) is 0 Å². The van der Waals surface area contributed by atoms with Crippen LogP contribution < -0.4 is 11.1 Å². The highest BCUT2D eigenvalue weighted by Gasteiger charge is 2.20. The van der Waals surface area contributed by atoms with Crippen molar-refractivity contribution in [1.82, 2.24) is 5.32 Å². The first kappa shape index (κ1) is 16.4. The lowest BCUT2D eigenvalue weighted by Gasteiger charge is -2.23. The molecule has 112 valence electrons. The van der Waals surface area contributed by atoms with Gasteiger partial charge in [0.15, 0.2) is 0 Å². The average Bonchev–Trinajstić information content (AvgIpc) is 2.31. The van der Waals surface area contributed by atoms with E-state index in [1.54, 1.807) is 45.9 Å². The van der Waals surface area contributed by atoms with Crippen LogP contribution in [0.25, 0.3) is 0 Å². The minimum atomic E-state index is -0.572. The van der Waals surface area contributed by atoms with Crippen LogP contribution in [0.15, 0.2) is 18.2 Å². The zero-order valence-corrected chi connectivity index (χ0v) is 12.5. The van der Waals surface area contributed by atoms with Gasteiger partial charge in [-0.25, -0.2) is 9.18 Å². The van der Waals surface area contributed by atoms with Gasteiger partial charge in [-0.05, 0) is 45.2 Å². The number of hydrogen-bond acceptors (Lipinski definition) is 3. The van der Waals surface area contributed by atoms with Crippen molar-refractivity contribution in [2.75, 3.05) is 6.54 Å². The number of benzene rings is 1. The normalized spacial score (nSPS) is 12.9. The highest BCUT2D eigenvalue weighted by Crippen LogP contribution is 2.14. The van der Waals surface area contributed by atoms with E-state index >= 15 is 0 Å². The lowest BCUT2D eigenvalue weighted by Crippen LogP contribution is -2.44. The van der Waals surface area contributed by atoms with Gasteiger partial charge < -0.3 is 15.8 Å². The van der Waals surface area contributed by atoms with Gasteiger partial charge in [-0.1, -0.05) is 18.2 Å². The number of nitrogens with two attached hydrogens (primary N) is 1. The molecule has 1 unspecified atom stereocenters. The molecule has 0 saturated carbocycles. The summed E-state index contributed by atoms with van der Waals surface area (Å²) in [5.41, 5.74) is 6.17. The molecule has 0 fully saturated rings. The Morgan fingerprint density at radius 3 is 2.65 bits per heavy atom. The summed E-state index contributed by atoms with van der Waals surface area (Å²) in [5, 5.41) is 2.67. The molecule has 20 heavy (non-hydrogen) atoms. The third kappa shape index (κ3) is 5.17. The lowest BCUT2D eigenvalue weighted by molar-refractivity contribution is 0.0505. The van der Waals surface area contributed by atoms with E-state index in [2.05, 4.69) is 5.32 Å². The van der Waals surface area contributed by atoms with Gasteiger partial charge in [-0.2, -0.15) is 0 Å². The van der Waals surface area contributed by atoms with Crippen LogP contribution in [0.3, 0.4) is 0 Å². The molecule has 0 radical (unpaired) electrons. The molecule has 1 amide bonds. The summed E-state index contributed by atoms with van der Waals surface area (Å²) in [6.07, 6.45) is -0.204. The summed E-state index contributed by atoms with van der Waals surface area (Å²) in [4.78, 5) is 11.7. The monoisotopic (exact) mass is 282 g/mol. The Bertz CT molecular complexity index is 469. The van der Waals surface area contributed by atoms with Crippen LogP contribution in [-0.2, 0) is 11.2 Å². The molecular formula is C15H23FN2O2. The third-order valence-electron chi connectivity index (χ3n) is 2.74. The van der Waals surface area contributed by atoms with Crippen molar-refractivity contribution in [3.05, 3.63) is 35.1 Å². The number of alkyl carbamates (subject to hydrolysis) is 1. The fourth-order valence-electron chi connectivity index (χ4n) is 1.80. The number of aryl methyl sites for hydroxylation is 1. The van der Waals surface area contributed by atoms with Crippen molar-refractivity contribution >= 4 is 6.09 Å². The Labute approximate surface area is 119 Å². The maximum absolute atomic E-state index is 13.9. The Balaban J connectivity index is 2.68. The predicted molar refractivity (Wildman–Crippen MR) is 77.1 cm³/mol. The van der Waals surface area contributed by atoms with Gasteiger partial charge in [0.05, 0.1) is 0 Å². The summed E-state index contributed by atoms with van der Waals surface area (Å²) in [5.74, 6) is -0.253. The highest BCUT2D eigenvalue weighted by molar-refractivity contribution is 5.68. The molecule has 3 N–H and O–H groups in total. The fourth-order valence-corrected chi connectivity index (χ4v) is 1.80. The molecule has 1 aromatic carbocycles. The molecule has 0 aliphatic rings. The van der Waals surface area contributed by atoms with E-state index in [1.165, 1.54) is 0 Å². The van der Waals surface area contributed by atoms with Crippen LogP contribution in [0.5, 0.6) is 0 Å². The number of nitrogens with one attached hydrogen (secondary N) is 1. The Morgan fingerprint density at radius 1 is 1.45 bits per heavy atom. The van der Waals surface area contributed by atoms with Gasteiger partial charge in [0.2, 0.25) is 0 Å². The van der Waals surface area contributed by atoms with E-state index in [1.807, 2.05) is 0 Å². The van der Waals surface area contributed by atoms with Crippen molar-refractivity contribution in [2.45, 2.75) is 45.8 Å². The second-order valence-electron chi connectivity index (χ2n) is 5.83. The number of amides is 1. The average molecular weight is 282 g/mol. The zero-order valence-electron chi connectivity index (χ0n) is 12.5. The fraction of sp³-hybridized carbons (Fsp3) is 0.533. The first-order valence-corrected chi connectivity index (χ1v) is 6.66. The van der Waals surface area contributed by atoms with Crippen LogP contribution >= 0.6 is 0 Å². The number of halogens is 1. The van der Waals surface area contributed by atoms with Gasteiger partial charge >= 0.3 is 6.09 Å². The first-order valence-electron chi connectivity index (χ1n) is 6.66. The summed E-state index contributed by atoms with van der Waals surface area (Å²) in [7, 11) is 0.